The molecule has 0 atom stereocenters. The van der Waals surface area contributed by atoms with Crippen LogP contribution < -0.4 is 5.48 Å². The Morgan fingerprint density at radius 2 is 1.79 bits per heavy atom. The van der Waals surface area contributed by atoms with Crippen LogP contribution in [0.3, 0.4) is 0 Å². The molecule has 2 aromatic carbocycles. The molecule has 0 bridgehead atoms. The fourth-order valence-corrected chi connectivity index (χ4v) is 1.68. The Bertz CT molecular complexity index is 451. The molecule has 0 unspecified atom stereocenters. The SMILES string of the molecule is Cc1cc2ccccc2cc1CNO. The molecule has 0 heterocycles. The minimum atomic E-state index is 0.497. The van der Waals surface area contributed by atoms with Gasteiger partial charge in [0.1, 0.15) is 0 Å². The number of hydrogen-bond acceptors (Lipinski definition) is 2. The first-order valence-corrected chi connectivity index (χ1v) is 4.66. The summed E-state index contributed by atoms with van der Waals surface area (Å²) in [5.74, 6) is 0. The van der Waals surface area contributed by atoms with Crippen LogP contribution >= 0.6 is 0 Å². The molecular weight excluding hydrogens is 174 g/mol. The predicted octanol–water partition coefficient (Wildman–Crippen LogP) is 2.63. The minimum Gasteiger partial charge on any atom is -0.316 e. The molecule has 14 heavy (non-hydrogen) atoms. The summed E-state index contributed by atoms with van der Waals surface area (Å²) in [6, 6.07) is 12.5. The molecule has 0 amide bonds. The topological polar surface area (TPSA) is 32.3 Å². The second-order valence-corrected chi connectivity index (χ2v) is 3.46. The summed E-state index contributed by atoms with van der Waals surface area (Å²) >= 11 is 0. The summed E-state index contributed by atoms with van der Waals surface area (Å²) in [4.78, 5) is 0. The summed E-state index contributed by atoms with van der Waals surface area (Å²) in [7, 11) is 0. The van der Waals surface area contributed by atoms with Crippen LogP contribution in [0.4, 0.5) is 0 Å². The minimum absolute atomic E-state index is 0.497. The van der Waals surface area contributed by atoms with E-state index in [0.29, 0.717) is 6.54 Å². The highest BCUT2D eigenvalue weighted by Crippen LogP contribution is 2.19. The molecule has 0 spiro atoms. The van der Waals surface area contributed by atoms with Crippen molar-refractivity contribution in [2.75, 3.05) is 0 Å². The van der Waals surface area contributed by atoms with Crippen molar-refractivity contribution in [3.05, 3.63) is 47.5 Å². The first kappa shape index (κ1) is 9.19. The van der Waals surface area contributed by atoms with E-state index in [0.717, 1.165) is 5.56 Å². The second kappa shape index (κ2) is 3.78. The first-order chi connectivity index (χ1) is 6.81. The summed E-state index contributed by atoms with van der Waals surface area (Å²) in [6.07, 6.45) is 0. The van der Waals surface area contributed by atoms with E-state index in [1.165, 1.54) is 16.3 Å². The number of rotatable bonds is 2. The van der Waals surface area contributed by atoms with Gasteiger partial charge in [-0.05, 0) is 34.9 Å². The molecule has 0 saturated heterocycles. The Kier molecular flexibility index (Phi) is 2.48. The largest absolute Gasteiger partial charge is 0.316 e. The van der Waals surface area contributed by atoms with E-state index in [9.17, 15) is 0 Å². The van der Waals surface area contributed by atoms with E-state index in [1.54, 1.807) is 0 Å². The third-order valence-electron chi connectivity index (χ3n) is 2.47. The Labute approximate surface area is 83.1 Å². The lowest BCUT2D eigenvalue weighted by Gasteiger charge is -2.06. The zero-order valence-corrected chi connectivity index (χ0v) is 8.12. The second-order valence-electron chi connectivity index (χ2n) is 3.46. The lowest BCUT2D eigenvalue weighted by Crippen LogP contribution is -2.07. The molecule has 2 aromatic rings. The van der Waals surface area contributed by atoms with Crippen molar-refractivity contribution in [3.63, 3.8) is 0 Å². The van der Waals surface area contributed by atoms with E-state index in [1.807, 2.05) is 12.1 Å². The van der Waals surface area contributed by atoms with Gasteiger partial charge >= 0.3 is 0 Å². The third kappa shape index (κ3) is 1.62. The molecule has 72 valence electrons. The third-order valence-corrected chi connectivity index (χ3v) is 2.47. The smallest absolute Gasteiger partial charge is 0.0460 e. The van der Waals surface area contributed by atoms with Crippen molar-refractivity contribution in [2.45, 2.75) is 13.5 Å². The summed E-state index contributed by atoms with van der Waals surface area (Å²) in [5.41, 5.74) is 4.52. The lowest BCUT2D eigenvalue weighted by molar-refractivity contribution is 0.161. The maximum absolute atomic E-state index is 8.67. The Morgan fingerprint density at radius 3 is 2.43 bits per heavy atom. The summed E-state index contributed by atoms with van der Waals surface area (Å²) in [6.45, 7) is 2.55. The van der Waals surface area contributed by atoms with Crippen LogP contribution in [-0.4, -0.2) is 5.21 Å². The molecule has 0 aliphatic heterocycles. The van der Waals surface area contributed by atoms with Gasteiger partial charge < -0.3 is 5.21 Å². The van der Waals surface area contributed by atoms with Gasteiger partial charge in [-0.3, -0.25) is 0 Å². The quantitative estimate of drug-likeness (QED) is 0.708. The van der Waals surface area contributed by atoms with E-state index in [-0.39, 0.29) is 0 Å². The van der Waals surface area contributed by atoms with Crippen LogP contribution in [0, 0.1) is 6.92 Å². The number of hydrogen-bond donors (Lipinski definition) is 2. The van der Waals surface area contributed by atoms with Crippen molar-refractivity contribution < 1.29 is 5.21 Å². The van der Waals surface area contributed by atoms with Crippen molar-refractivity contribution in [3.8, 4) is 0 Å². The average Bonchev–Trinajstić information content (AvgIpc) is 2.19. The number of benzene rings is 2. The standard InChI is InChI=1S/C12H13NO/c1-9-6-10-4-2-3-5-11(10)7-12(9)8-13-14/h2-7,13-14H,8H2,1H3. The maximum Gasteiger partial charge on any atom is 0.0460 e. The Hall–Kier alpha value is -1.38. The monoisotopic (exact) mass is 187 g/mol. The van der Waals surface area contributed by atoms with Crippen LogP contribution in [0.25, 0.3) is 10.8 Å². The number of hydroxylamine groups is 1. The van der Waals surface area contributed by atoms with Gasteiger partial charge in [-0.15, -0.1) is 0 Å². The van der Waals surface area contributed by atoms with E-state index < -0.39 is 0 Å². The van der Waals surface area contributed by atoms with Gasteiger partial charge in [-0.25, -0.2) is 5.48 Å². The van der Waals surface area contributed by atoms with E-state index >= 15 is 0 Å². The van der Waals surface area contributed by atoms with Crippen molar-refractivity contribution >= 4 is 10.8 Å². The van der Waals surface area contributed by atoms with Gasteiger partial charge in [0.05, 0.1) is 0 Å². The molecule has 2 rings (SSSR count). The van der Waals surface area contributed by atoms with Crippen LogP contribution in [-0.2, 0) is 6.54 Å². The number of nitrogens with one attached hydrogen (secondary N) is 1. The van der Waals surface area contributed by atoms with Gasteiger partial charge in [-0.2, -0.15) is 0 Å². The van der Waals surface area contributed by atoms with Crippen molar-refractivity contribution in [1.82, 2.24) is 5.48 Å². The fraction of sp³-hybridized carbons (Fsp3) is 0.167. The molecule has 2 nitrogen and oxygen atoms in total. The number of fused-ring (bicyclic) bond motifs is 1. The van der Waals surface area contributed by atoms with Gasteiger partial charge in [0.2, 0.25) is 0 Å². The molecule has 0 radical (unpaired) electrons. The van der Waals surface area contributed by atoms with Crippen molar-refractivity contribution in [2.24, 2.45) is 0 Å². The molecule has 0 saturated carbocycles. The molecule has 2 N–H and O–H groups in total. The van der Waals surface area contributed by atoms with Crippen molar-refractivity contribution in [1.29, 1.82) is 0 Å². The zero-order valence-electron chi connectivity index (χ0n) is 8.12. The van der Waals surface area contributed by atoms with Crippen LogP contribution in [0.5, 0.6) is 0 Å². The molecule has 0 aromatic heterocycles. The molecule has 0 fully saturated rings. The molecular formula is C12H13NO. The Morgan fingerprint density at radius 1 is 1.14 bits per heavy atom. The molecule has 0 aliphatic rings. The van der Waals surface area contributed by atoms with Gasteiger partial charge in [0, 0.05) is 6.54 Å². The highest BCUT2D eigenvalue weighted by Gasteiger charge is 1.99. The summed E-state index contributed by atoms with van der Waals surface area (Å²) in [5, 5.41) is 11.1. The average molecular weight is 187 g/mol. The van der Waals surface area contributed by atoms with Crippen LogP contribution in [0.1, 0.15) is 11.1 Å². The van der Waals surface area contributed by atoms with Gasteiger partial charge in [-0.1, -0.05) is 30.3 Å². The normalized spacial score (nSPS) is 10.7. The Balaban J connectivity index is 2.59. The molecule has 2 heteroatoms. The highest BCUT2D eigenvalue weighted by molar-refractivity contribution is 5.83. The fourth-order valence-electron chi connectivity index (χ4n) is 1.68. The summed E-state index contributed by atoms with van der Waals surface area (Å²) < 4.78 is 0. The van der Waals surface area contributed by atoms with E-state index in [2.05, 4.69) is 36.7 Å². The zero-order chi connectivity index (χ0) is 9.97. The van der Waals surface area contributed by atoms with Gasteiger partial charge in [0.15, 0.2) is 0 Å². The van der Waals surface area contributed by atoms with Crippen LogP contribution in [0.2, 0.25) is 0 Å². The lowest BCUT2D eigenvalue weighted by atomic mass is 10.0. The van der Waals surface area contributed by atoms with E-state index in [4.69, 9.17) is 5.21 Å². The van der Waals surface area contributed by atoms with Gasteiger partial charge in [0.25, 0.3) is 0 Å². The predicted molar refractivity (Wildman–Crippen MR) is 57.3 cm³/mol. The first-order valence-electron chi connectivity index (χ1n) is 4.66. The van der Waals surface area contributed by atoms with Crippen LogP contribution in [0.15, 0.2) is 36.4 Å². The number of aryl methyl sites for hydroxylation is 1. The molecule has 0 aliphatic carbocycles. The maximum atomic E-state index is 8.67. The highest BCUT2D eigenvalue weighted by atomic mass is 16.5.